The van der Waals surface area contributed by atoms with Crippen LogP contribution in [0, 0.1) is 0 Å². The third kappa shape index (κ3) is 5.18. The summed E-state index contributed by atoms with van der Waals surface area (Å²) in [6, 6.07) is 3.92. The van der Waals surface area contributed by atoms with Crippen LogP contribution in [0.2, 0.25) is 0 Å². The number of fused-ring (bicyclic) bond motifs is 1. The molecule has 1 aromatic carbocycles. The number of thioether (sulfide) groups is 1. The lowest BCUT2D eigenvalue weighted by molar-refractivity contribution is 0.464. The van der Waals surface area contributed by atoms with Crippen LogP contribution in [0.4, 0.5) is 0 Å². The summed E-state index contributed by atoms with van der Waals surface area (Å²) in [5.41, 5.74) is 3.77. The van der Waals surface area contributed by atoms with E-state index in [0.29, 0.717) is 17.0 Å². The van der Waals surface area contributed by atoms with Crippen molar-refractivity contribution in [1.82, 2.24) is 10.6 Å². The lowest BCUT2D eigenvalue weighted by Gasteiger charge is -2.25. The Morgan fingerprint density at radius 1 is 1.24 bits per heavy atom. The number of nitrogens with zero attached hydrogens (tertiary/aromatic N) is 1. The van der Waals surface area contributed by atoms with Crippen LogP contribution in [0.3, 0.4) is 0 Å². The van der Waals surface area contributed by atoms with Gasteiger partial charge in [-0.1, -0.05) is 6.07 Å². The normalized spacial score (nSPS) is 22.9. The second-order valence-corrected chi connectivity index (χ2v) is 8.77. The number of hydrogen-bond donors (Lipinski definition) is 3. The van der Waals surface area contributed by atoms with Crippen molar-refractivity contribution in [2.45, 2.75) is 56.7 Å². The number of hydrogen-bond acceptors (Lipinski definition) is 3. The molecule has 1 aliphatic carbocycles. The molecule has 1 saturated heterocycles. The van der Waals surface area contributed by atoms with Crippen LogP contribution in [0.15, 0.2) is 17.1 Å². The average Bonchev–Trinajstić information content (AvgIpc) is 3.03. The predicted molar refractivity (Wildman–Crippen MR) is 118 cm³/mol. The van der Waals surface area contributed by atoms with Gasteiger partial charge in [-0.25, -0.2) is 0 Å². The molecule has 1 aromatic rings. The summed E-state index contributed by atoms with van der Waals surface area (Å²) in [6.45, 7) is 3.87. The molecular formula is C19H30IN3OS. The Labute approximate surface area is 172 Å². The van der Waals surface area contributed by atoms with Crippen LogP contribution in [0.25, 0.3) is 0 Å². The molecule has 3 rings (SSSR count). The number of rotatable bonds is 4. The van der Waals surface area contributed by atoms with Crippen molar-refractivity contribution in [3.8, 4) is 5.75 Å². The maximum Gasteiger partial charge on any atom is 0.191 e. The molecule has 0 saturated carbocycles. The highest BCUT2D eigenvalue weighted by molar-refractivity contribution is 14.0. The highest BCUT2D eigenvalue weighted by Crippen LogP contribution is 2.37. The number of aromatic hydroxyl groups is 1. The maximum atomic E-state index is 10.3. The van der Waals surface area contributed by atoms with Crippen LogP contribution in [0.5, 0.6) is 5.75 Å². The number of phenols is 1. The molecule has 1 aliphatic heterocycles. The van der Waals surface area contributed by atoms with E-state index in [-0.39, 0.29) is 24.0 Å². The predicted octanol–water partition coefficient (Wildman–Crippen LogP) is 3.84. The van der Waals surface area contributed by atoms with E-state index in [9.17, 15) is 5.11 Å². The van der Waals surface area contributed by atoms with Gasteiger partial charge in [-0.3, -0.25) is 4.99 Å². The number of aryl methyl sites for hydroxylation is 1. The number of aliphatic imine (C=N–C) groups is 1. The first-order chi connectivity index (χ1) is 11.6. The van der Waals surface area contributed by atoms with Crippen molar-refractivity contribution in [2.75, 3.05) is 19.3 Å². The van der Waals surface area contributed by atoms with Crippen molar-refractivity contribution >= 4 is 41.7 Å². The summed E-state index contributed by atoms with van der Waals surface area (Å²) in [4.78, 5) is 4.34. The summed E-state index contributed by atoms with van der Waals surface area (Å²) in [7, 11) is 1.81. The zero-order chi connectivity index (χ0) is 17.0. The zero-order valence-electron chi connectivity index (χ0n) is 15.2. The minimum Gasteiger partial charge on any atom is -0.508 e. The molecular weight excluding hydrogens is 445 g/mol. The molecule has 1 unspecified atom stereocenters. The molecule has 0 radical (unpaired) electrons. The largest absolute Gasteiger partial charge is 0.508 e. The Balaban J connectivity index is 0.00000225. The molecule has 1 heterocycles. The summed E-state index contributed by atoms with van der Waals surface area (Å²) in [6.07, 6.45) is 7.23. The molecule has 1 atom stereocenters. The quantitative estimate of drug-likeness (QED) is 0.352. The molecule has 0 aromatic heterocycles. The Bertz CT molecular complexity index is 615. The summed E-state index contributed by atoms with van der Waals surface area (Å²) in [5.74, 6) is 2.47. The van der Waals surface area contributed by atoms with Crippen molar-refractivity contribution < 1.29 is 5.11 Å². The van der Waals surface area contributed by atoms with Crippen LogP contribution >= 0.6 is 35.7 Å². The van der Waals surface area contributed by atoms with Crippen molar-refractivity contribution in [3.63, 3.8) is 0 Å². The van der Waals surface area contributed by atoms with Gasteiger partial charge in [0.15, 0.2) is 5.96 Å². The molecule has 0 spiro atoms. The van der Waals surface area contributed by atoms with Crippen molar-refractivity contribution in [3.05, 3.63) is 28.8 Å². The number of guanidine groups is 1. The lowest BCUT2D eigenvalue weighted by Crippen LogP contribution is -2.43. The van der Waals surface area contributed by atoms with Crippen molar-refractivity contribution in [2.24, 2.45) is 4.99 Å². The Morgan fingerprint density at radius 3 is 2.76 bits per heavy atom. The molecule has 6 heteroatoms. The maximum absolute atomic E-state index is 10.3. The Hall–Kier alpha value is -0.630. The van der Waals surface area contributed by atoms with Crippen LogP contribution in [0.1, 0.15) is 49.3 Å². The molecule has 4 nitrogen and oxygen atoms in total. The van der Waals surface area contributed by atoms with Gasteiger partial charge in [-0.05, 0) is 68.4 Å². The van der Waals surface area contributed by atoms with E-state index < -0.39 is 0 Å². The lowest BCUT2D eigenvalue weighted by atomic mass is 9.88. The highest BCUT2D eigenvalue weighted by atomic mass is 127. The molecule has 2 aliphatic rings. The van der Waals surface area contributed by atoms with Gasteiger partial charge >= 0.3 is 0 Å². The number of nitrogens with one attached hydrogen (secondary N) is 2. The Morgan fingerprint density at radius 2 is 2.04 bits per heavy atom. The zero-order valence-corrected chi connectivity index (χ0v) is 18.4. The van der Waals surface area contributed by atoms with Gasteiger partial charge in [0.05, 0.1) is 0 Å². The van der Waals surface area contributed by atoms with E-state index in [1.165, 1.54) is 42.6 Å². The van der Waals surface area contributed by atoms with E-state index in [1.54, 1.807) is 7.05 Å². The standard InChI is InChI=1S/C19H29N3OS.HI/c1-19(10-5-11-24-19)13-22-18(20-2)21-12-16-15-7-4-3-6-14(15)8-9-17(16)23;/h8-9,23H,3-7,10-13H2,1-2H3,(H2,20,21,22);1H. The van der Waals surface area contributed by atoms with E-state index in [2.05, 4.69) is 28.6 Å². The monoisotopic (exact) mass is 475 g/mol. The second-order valence-electron chi connectivity index (χ2n) is 7.09. The smallest absolute Gasteiger partial charge is 0.191 e. The van der Waals surface area contributed by atoms with Gasteiger partial charge < -0.3 is 15.7 Å². The summed E-state index contributed by atoms with van der Waals surface area (Å²) >= 11 is 2.05. The highest BCUT2D eigenvalue weighted by Gasteiger charge is 2.29. The van der Waals surface area contributed by atoms with Gasteiger partial charge in [-0.15, -0.1) is 24.0 Å². The molecule has 0 bridgehead atoms. The topological polar surface area (TPSA) is 56.7 Å². The summed E-state index contributed by atoms with van der Waals surface area (Å²) in [5, 5.41) is 17.1. The van der Waals surface area contributed by atoms with E-state index in [1.807, 2.05) is 17.8 Å². The fourth-order valence-corrected chi connectivity index (χ4v) is 4.97. The first-order valence-corrected chi connectivity index (χ1v) is 10.0. The first kappa shape index (κ1) is 20.7. The van der Waals surface area contributed by atoms with E-state index >= 15 is 0 Å². The second kappa shape index (κ2) is 9.35. The third-order valence-electron chi connectivity index (χ3n) is 5.21. The van der Waals surface area contributed by atoms with Gasteiger partial charge in [0.25, 0.3) is 0 Å². The SMILES string of the molecule is CN=C(NCc1c(O)ccc2c1CCCC2)NCC1(C)CCCS1.I. The summed E-state index contributed by atoms with van der Waals surface area (Å²) < 4.78 is 0.311. The number of halogens is 1. The molecule has 1 fully saturated rings. The van der Waals surface area contributed by atoms with E-state index in [0.717, 1.165) is 30.9 Å². The Kier molecular flexibility index (Phi) is 7.73. The minimum absolute atomic E-state index is 0. The van der Waals surface area contributed by atoms with Crippen molar-refractivity contribution in [1.29, 1.82) is 0 Å². The average molecular weight is 475 g/mol. The fourth-order valence-electron chi connectivity index (χ4n) is 3.73. The van der Waals surface area contributed by atoms with Crippen LogP contribution < -0.4 is 10.6 Å². The van der Waals surface area contributed by atoms with E-state index in [4.69, 9.17) is 0 Å². The molecule has 25 heavy (non-hydrogen) atoms. The van der Waals surface area contributed by atoms with Gasteiger partial charge in [-0.2, -0.15) is 11.8 Å². The first-order valence-electron chi connectivity index (χ1n) is 9.02. The molecule has 3 N–H and O–H groups in total. The van der Waals surface area contributed by atoms with Crippen LogP contribution in [-0.4, -0.2) is 35.2 Å². The third-order valence-corrected chi connectivity index (χ3v) is 6.75. The minimum atomic E-state index is 0. The fraction of sp³-hybridized carbons (Fsp3) is 0.632. The molecule has 0 amide bonds. The number of benzene rings is 1. The van der Waals surface area contributed by atoms with Gasteiger partial charge in [0.1, 0.15) is 5.75 Å². The van der Waals surface area contributed by atoms with Gasteiger partial charge in [0.2, 0.25) is 0 Å². The number of phenolic OH excluding ortho intramolecular Hbond substituents is 1. The van der Waals surface area contributed by atoms with Crippen LogP contribution in [-0.2, 0) is 19.4 Å². The van der Waals surface area contributed by atoms with Gasteiger partial charge in [0, 0.05) is 30.4 Å². The molecule has 140 valence electrons.